The second kappa shape index (κ2) is 15.0. The van der Waals surface area contributed by atoms with Crippen molar-refractivity contribution in [1.82, 2.24) is 5.32 Å². The first-order valence-corrected chi connectivity index (χ1v) is 11.1. The first-order valence-electron chi connectivity index (χ1n) is 11.1. The SMILES string of the molecule is C/C=C(\C=C/CC)CNC(Cc1ccccc1)c1ccccc1.NCc1ccccc1. The number of rotatable bonds is 9. The van der Waals surface area contributed by atoms with Gasteiger partial charge in [-0.2, -0.15) is 0 Å². The molecule has 2 nitrogen and oxygen atoms in total. The van der Waals surface area contributed by atoms with Crippen LogP contribution >= 0.6 is 0 Å². The predicted octanol–water partition coefficient (Wildman–Crippen LogP) is 6.62. The number of hydrogen-bond acceptors (Lipinski definition) is 2. The molecule has 0 aliphatic rings. The van der Waals surface area contributed by atoms with E-state index in [2.05, 4.69) is 98.1 Å². The van der Waals surface area contributed by atoms with Gasteiger partial charge in [-0.15, -0.1) is 0 Å². The summed E-state index contributed by atoms with van der Waals surface area (Å²) in [6, 6.07) is 31.7. The van der Waals surface area contributed by atoms with E-state index in [0.717, 1.165) is 19.4 Å². The Bertz CT molecular complexity index is 884. The maximum absolute atomic E-state index is 5.35. The van der Waals surface area contributed by atoms with Gasteiger partial charge in [0.2, 0.25) is 0 Å². The van der Waals surface area contributed by atoms with Crippen LogP contribution in [0.3, 0.4) is 0 Å². The minimum Gasteiger partial charge on any atom is -0.326 e. The number of nitrogens with one attached hydrogen (secondary N) is 1. The van der Waals surface area contributed by atoms with Crippen molar-refractivity contribution in [2.45, 2.75) is 39.3 Å². The van der Waals surface area contributed by atoms with Crippen LogP contribution in [0, 0.1) is 0 Å². The molecule has 0 amide bonds. The lowest BCUT2D eigenvalue weighted by Gasteiger charge is -2.20. The smallest absolute Gasteiger partial charge is 0.0363 e. The molecular weight excluding hydrogens is 376 g/mol. The summed E-state index contributed by atoms with van der Waals surface area (Å²) in [6.45, 7) is 5.80. The van der Waals surface area contributed by atoms with Crippen LogP contribution in [0.4, 0.5) is 0 Å². The summed E-state index contributed by atoms with van der Waals surface area (Å²) in [5, 5.41) is 3.72. The second-order valence-electron chi connectivity index (χ2n) is 7.40. The van der Waals surface area contributed by atoms with Crippen LogP contribution in [0.5, 0.6) is 0 Å². The molecule has 0 saturated carbocycles. The molecule has 0 radical (unpaired) electrons. The largest absolute Gasteiger partial charge is 0.326 e. The molecule has 2 heteroatoms. The molecule has 1 atom stereocenters. The standard InChI is InChI=1S/C22H27N.C7H9N/c1-3-5-12-19(4-2)18-23-22(21-15-10-7-11-16-21)17-20-13-8-6-9-14-20;8-6-7-4-2-1-3-5-7/h4-16,22-23H,3,17-18H2,1-2H3;1-5H,6,8H2/b12-5-,19-4+;. The van der Waals surface area contributed by atoms with Crippen molar-refractivity contribution < 1.29 is 0 Å². The van der Waals surface area contributed by atoms with E-state index in [1.165, 1.54) is 22.3 Å². The fourth-order valence-electron chi connectivity index (χ4n) is 3.22. The van der Waals surface area contributed by atoms with E-state index in [9.17, 15) is 0 Å². The van der Waals surface area contributed by atoms with E-state index < -0.39 is 0 Å². The Morgan fingerprint density at radius 2 is 1.39 bits per heavy atom. The van der Waals surface area contributed by atoms with Crippen LogP contribution in [-0.4, -0.2) is 6.54 Å². The van der Waals surface area contributed by atoms with Crippen molar-refractivity contribution in [1.29, 1.82) is 0 Å². The molecular formula is C29H36N2. The number of nitrogens with two attached hydrogens (primary N) is 1. The van der Waals surface area contributed by atoms with Crippen LogP contribution in [-0.2, 0) is 13.0 Å². The van der Waals surface area contributed by atoms with Crippen LogP contribution in [0.15, 0.2) is 115 Å². The minimum absolute atomic E-state index is 0.323. The van der Waals surface area contributed by atoms with Gasteiger partial charge in [-0.3, -0.25) is 0 Å². The van der Waals surface area contributed by atoms with Crippen molar-refractivity contribution in [2.75, 3.05) is 6.54 Å². The van der Waals surface area contributed by atoms with Crippen molar-refractivity contribution in [3.8, 4) is 0 Å². The Morgan fingerprint density at radius 3 is 1.87 bits per heavy atom. The van der Waals surface area contributed by atoms with Crippen LogP contribution < -0.4 is 11.1 Å². The monoisotopic (exact) mass is 412 g/mol. The molecule has 3 aromatic carbocycles. The van der Waals surface area contributed by atoms with Crippen molar-refractivity contribution in [3.05, 3.63) is 131 Å². The molecule has 0 saturated heterocycles. The summed E-state index contributed by atoms with van der Waals surface area (Å²) in [7, 11) is 0. The minimum atomic E-state index is 0.323. The third kappa shape index (κ3) is 9.61. The summed E-state index contributed by atoms with van der Waals surface area (Å²) in [4.78, 5) is 0. The molecule has 31 heavy (non-hydrogen) atoms. The van der Waals surface area contributed by atoms with E-state index in [1.807, 2.05) is 30.3 Å². The Kier molecular flexibility index (Phi) is 11.7. The second-order valence-corrected chi connectivity index (χ2v) is 7.40. The number of allylic oxidation sites excluding steroid dienone is 2. The van der Waals surface area contributed by atoms with Gasteiger partial charge in [0.1, 0.15) is 0 Å². The van der Waals surface area contributed by atoms with Crippen LogP contribution in [0.2, 0.25) is 0 Å². The quantitative estimate of drug-likeness (QED) is 0.388. The molecule has 0 bridgehead atoms. The number of benzene rings is 3. The molecule has 3 rings (SSSR count). The zero-order valence-corrected chi connectivity index (χ0v) is 18.9. The normalized spacial score (nSPS) is 12.3. The Labute approximate surface area is 188 Å². The van der Waals surface area contributed by atoms with Gasteiger partial charge in [-0.1, -0.05) is 116 Å². The maximum atomic E-state index is 5.35. The van der Waals surface area contributed by atoms with Crippen LogP contribution in [0.1, 0.15) is 43.0 Å². The van der Waals surface area contributed by atoms with Crippen molar-refractivity contribution >= 4 is 0 Å². The Hall–Kier alpha value is -2.94. The fourth-order valence-corrected chi connectivity index (χ4v) is 3.22. The zero-order valence-electron chi connectivity index (χ0n) is 18.9. The Balaban J connectivity index is 0.000000357. The average Bonchev–Trinajstić information content (AvgIpc) is 2.85. The number of hydrogen-bond donors (Lipinski definition) is 2. The van der Waals surface area contributed by atoms with E-state index >= 15 is 0 Å². The molecule has 0 spiro atoms. The molecule has 162 valence electrons. The maximum Gasteiger partial charge on any atom is 0.0363 e. The molecule has 0 aromatic heterocycles. The third-order valence-electron chi connectivity index (χ3n) is 5.05. The first-order chi connectivity index (χ1) is 15.3. The zero-order chi connectivity index (χ0) is 22.2. The highest BCUT2D eigenvalue weighted by atomic mass is 14.9. The highest BCUT2D eigenvalue weighted by molar-refractivity contribution is 5.25. The summed E-state index contributed by atoms with van der Waals surface area (Å²) in [5.41, 5.74) is 10.6. The fraction of sp³-hybridized carbons (Fsp3) is 0.241. The van der Waals surface area contributed by atoms with E-state index in [-0.39, 0.29) is 0 Å². The lowest BCUT2D eigenvalue weighted by Crippen LogP contribution is -2.25. The van der Waals surface area contributed by atoms with Crippen molar-refractivity contribution in [3.63, 3.8) is 0 Å². The molecule has 3 aromatic rings. The summed E-state index contributed by atoms with van der Waals surface area (Å²) in [6.07, 6.45) is 8.69. The predicted molar refractivity (Wildman–Crippen MR) is 135 cm³/mol. The molecule has 0 fully saturated rings. The van der Waals surface area contributed by atoms with Gasteiger partial charge in [-0.25, -0.2) is 0 Å². The average molecular weight is 413 g/mol. The molecule has 3 N–H and O–H groups in total. The van der Waals surface area contributed by atoms with Gasteiger partial charge in [0.25, 0.3) is 0 Å². The molecule has 1 unspecified atom stereocenters. The highest BCUT2D eigenvalue weighted by Crippen LogP contribution is 2.18. The molecule has 0 heterocycles. The Morgan fingerprint density at radius 1 is 0.839 bits per heavy atom. The van der Waals surface area contributed by atoms with Gasteiger partial charge >= 0.3 is 0 Å². The molecule has 0 aliphatic heterocycles. The highest BCUT2D eigenvalue weighted by Gasteiger charge is 2.11. The summed E-state index contributed by atoms with van der Waals surface area (Å²) >= 11 is 0. The lowest BCUT2D eigenvalue weighted by molar-refractivity contribution is 0.559. The third-order valence-corrected chi connectivity index (χ3v) is 5.05. The van der Waals surface area contributed by atoms with E-state index in [0.29, 0.717) is 12.6 Å². The lowest BCUT2D eigenvalue weighted by atomic mass is 9.98. The van der Waals surface area contributed by atoms with Gasteiger partial charge < -0.3 is 11.1 Å². The summed E-state index contributed by atoms with van der Waals surface area (Å²) in [5.74, 6) is 0. The topological polar surface area (TPSA) is 38.0 Å². The van der Waals surface area contributed by atoms with Crippen molar-refractivity contribution in [2.24, 2.45) is 5.73 Å². The van der Waals surface area contributed by atoms with Gasteiger partial charge in [-0.05, 0) is 42.0 Å². The van der Waals surface area contributed by atoms with Gasteiger partial charge in [0.15, 0.2) is 0 Å². The van der Waals surface area contributed by atoms with E-state index in [4.69, 9.17) is 5.73 Å². The van der Waals surface area contributed by atoms with E-state index in [1.54, 1.807) is 0 Å². The van der Waals surface area contributed by atoms with Gasteiger partial charge in [0.05, 0.1) is 0 Å². The van der Waals surface area contributed by atoms with Gasteiger partial charge in [0, 0.05) is 19.1 Å². The molecule has 0 aliphatic carbocycles. The summed E-state index contributed by atoms with van der Waals surface area (Å²) < 4.78 is 0. The van der Waals surface area contributed by atoms with Crippen LogP contribution in [0.25, 0.3) is 0 Å². The first kappa shape index (κ1) is 24.3.